The number of nitrogens with zero attached hydrogens (tertiary/aromatic N) is 2. The average Bonchev–Trinajstić information content (AvgIpc) is 2.15. The highest BCUT2D eigenvalue weighted by atomic mass is 19.4. The van der Waals surface area contributed by atoms with Gasteiger partial charge in [-0.1, -0.05) is 0 Å². The van der Waals surface area contributed by atoms with Crippen LogP contribution in [0.1, 0.15) is 17.6 Å². The number of hydrogen-bond donors (Lipinski definition) is 0. The van der Waals surface area contributed by atoms with Gasteiger partial charge in [0.2, 0.25) is 0 Å². The first kappa shape index (κ1) is 12.3. The molecule has 0 aliphatic rings. The molecule has 16 heavy (non-hydrogen) atoms. The number of rotatable bonds is 2. The highest BCUT2D eigenvalue weighted by Crippen LogP contribution is 2.36. The first-order valence-electron chi connectivity index (χ1n) is 3.73. The molecule has 0 saturated heterocycles. The van der Waals surface area contributed by atoms with Gasteiger partial charge in [-0.05, 0) is 16.0 Å². The van der Waals surface area contributed by atoms with Crippen molar-refractivity contribution in [3.8, 4) is 0 Å². The van der Waals surface area contributed by atoms with E-state index in [1.54, 1.807) is 0 Å². The second kappa shape index (κ2) is 3.99. The standard InChI is InChI=1S/C7H3F5N2O2/c8-5(9)3-1-4(7(10,11)12)6(13-2-3)14(15)16/h1-2,5H. The largest absolute Gasteiger partial charge is 0.424 e. The fourth-order valence-corrected chi connectivity index (χ4v) is 0.947. The van der Waals surface area contributed by atoms with Crippen molar-refractivity contribution in [3.63, 3.8) is 0 Å². The van der Waals surface area contributed by atoms with Gasteiger partial charge >= 0.3 is 12.0 Å². The maximum Gasteiger partial charge on any atom is 0.424 e. The van der Waals surface area contributed by atoms with Gasteiger partial charge in [0.15, 0.2) is 5.56 Å². The summed E-state index contributed by atoms with van der Waals surface area (Å²) in [6.45, 7) is 0. The van der Waals surface area contributed by atoms with E-state index < -0.39 is 34.5 Å². The molecule has 0 saturated carbocycles. The molecule has 0 amide bonds. The Labute approximate surface area is 84.9 Å². The molecule has 0 fully saturated rings. The summed E-state index contributed by atoms with van der Waals surface area (Å²) in [4.78, 5) is 11.6. The zero-order valence-corrected chi connectivity index (χ0v) is 7.33. The van der Waals surface area contributed by atoms with Crippen LogP contribution in [0, 0.1) is 10.1 Å². The summed E-state index contributed by atoms with van der Waals surface area (Å²) < 4.78 is 61.0. The lowest BCUT2D eigenvalue weighted by molar-refractivity contribution is -0.392. The Morgan fingerprint density at radius 2 is 1.94 bits per heavy atom. The van der Waals surface area contributed by atoms with Crippen molar-refractivity contribution in [1.82, 2.24) is 4.98 Å². The van der Waals surface area contributed by atoms with E-state index in [1.807, 2.05) is 0 Å². The number of alkyl halides is 5. The van der Waals surface area contributed by atoms with Crippen LogP contribution in [0.15, 0.2) is 12.3 Å². The topological polar surface area (TPSA) is 56.0 Å². The molecule has 0 aliphatic heterocycles. The monoisotopic (exact) mass is 242 g/mol. The van der Waals surface area contributed by atoms with Gasteiger partial charge in [0.1, 0.15) is 6.20 Å². The third kappa shape index (κ3) is 2.41. The minimum absolute atomic E-state index is 0.0236. The zero-order chi connectivity index (χ0) is 12.5. The van der Waals surface area contributed by atoms with E-state index in [0.717, 1.165) is 0 Å². The van der Waals surface area contributed by atoms with Crippen molar-refractivity contribution >= 4 is 5.82 Å². The van der Waals surface area contributed by atoms with Gasteiger partial charge < -0.3 is 10.1 Å². The Morgan fingerprint density at radius 3 is 2.31 bits per heavy atom. The zero-order valence-electron chi connectivity index (χ0n) is 7.33. The molecule has 0 atom stereocenters. The molecule has 1 aromatic heterocycles. The van der Waals surface area contributed by atoms with Crippen LogP contribution in [0.25, 0.3) is 0 Å². The predicted molar refractivity (Wildman–Crippen MR) is 40.9 cm³/mol. The molecule has 0 N–H and O–H groups in total. The van der Waals surface area contributed by atoms with Crippen molar-refractivity contribution in [2.45, 2.75) is 12.6 Å². The molecule has 0 aromatic carbocycles. The van der Waals surface area contributed by atoms with Gasteiger partial charge in [-0.25, -0.2) is 8.78 Å². The molecule has 1 rings (SSSR count). The third-order valence-electron chi connectivity index (χ3n) is 1.62. The number of pyridine rings is 1. The fourth-order valence-electron chi connectivity index (χ4n) is 0.947. The Balaban J connectivity index is 3.39. The first-order valence-corrected chi connectivity index (χ1v) is 3.73. The van der Waals surface area contributed by atoms with E-state index >= 15 is 0 Å². The maximum absolute atomic E-state index is 12.3. The van der Waals surface area contributed by atoms with Gasteiger partial charge in [-0.2, -0.15) is 13.2 Å². The molecule has 0 radical (unpaired) electrons. The first-order chi connectivity index (χ1) is 7.23. The van der Waals surface area contributed by atoms with Crippen molar-refractivity contribution in [1.29, 1.82) is 0 Å². The lowest BCUT2D eigenvalue weighted by Crippen LogP contribution is -2.11. The van der Waals surface area contributed by atoms with Crippen molar-refractivity contribution in [3.05, 3.63) is 33.5 Å². The summed E-state index contributed by atoms with van der Waals surface area (Å²) in [7, 11) is 0. The molecule has 1 aromatic rings. The fraction of sp³-hybridized carbons (Fsp3) is 0.286. The van der Waals surface area contributed by atoms with Crippen LogP contribution in [0.3, 0.4) is 0 Å². The van der Waals surface area contributed by atoms with Crippen LogP contribution < -0.4 is 0 Å². The van der Waals surface area contributed by atoms with Gasteiger partial charge in [-0.3, -0.25) is 0 Å². The van der Waals surface area contributed by atoms with Crippen molar-refractivity contribution in [2.24, 2.45) is 0 Å². The van der Waals surface area contributed by atoms with E-state index in [-0.39, 0.29) is 6.07 Å². The Hall–Kier alpha value is -1.80. The van der Waals surface area contributed by atoms with Crippen LogP contribution in [-0.2, 0) is 6.18 Å². The molecular weight excluding hydrogens is 239 g/mol. The average molecular weight is 242 g/mol. The molecule has 0 bridgehead atoms. The lowest BCUT2D eigenvalue weighted by Gasteiger charge is -2.07. The SMILES string of the molecule is O=[N+]([O-])c1ncc(C(F)F)cc1C(F)(F)F. The molecule has 88 valence electrons. The van der Waals surface area contributed by atoms with Gasteiger partial charge in [0.05, 0.1) is 5.56 Å². The molecular formula is C7H3F5N2O2. The predicted octanol–water partition coefficient (Wildman–Crippen LogP) is 2.95. The minimum atomic E-state index is -5.10. The highest BCUT2D eigenvalue weighted by Gasteiger charge is 2.40. The van der Waals surface area contributed by atoms with Crippen molar-refractivity contribution < 1.29 is 26.9 Å². The van der Waals surface area contributed by atoms with E-state index in [2.05, 4.69) is 4.98 Å². The summed E-state index contributed by atoms with van der Waals surface area (Å²) in [6.07, 6.45) is -7.92. The number of halogens is 5. The summed E-state index contributed by atoms with van der Waals surface area (Å²) in [5, 5.41) is 10.2. The molecule has 0 spiro atoms. The van der Waals surface area contributed by atoms with Gasteiger partial charge in [0.25, 0.3) is 6.43 Å². The van der Waals surface area contributed by atoms with E-state index in [4.69, 9.17) is 0 Å². The normalized spacial score (nSPS) is 11.9. The molecule has 0 aliphatic carbocycles. The Kier molecular flexibility index (Phi) is 3.06. The molecule has 9 heteroatoms. The van der Waals surface area contributed by atoms with Gasteiger partial charge in [-0.15, -0.1) is 0 Å². The van der Waals surface area contributed by atoms with Crippen molar-refractivity contribution in [2.75, 3.05) is 0 Å². The summed E-state index contributed by atoms with van der Waals surface area (Å²) in [5.74, 6) is -1.49. The quantitative estimate of drug-likeness (QED) is 0.455. The highest BCUT2D eigenvalue weighted by molar-refractivity contribution is 5.37. The summed E-state index contributed by atoms with van der Waals surface area (Å²) in [5.41, 5.74) is -2.80. The van der Waals surface area contributed by atoms with Crippen LogP contribution >= 0.6 is 0 Å². The summed E-state index contributed by atoms with van der Waals surface area (Å²) in [6, 6.07) is 0.0236. The smallest absolute Gasteiger partial charge is 0.358 e. The molecule has 1 heterocycles. The lowest BCUT2D eigenvalue weighted by atomic mass is 10.2. The Morgan fingerprint density at radius 1 is 1.38 bits per heavy atom. The second-order valence-corrected chi connectivity index (χ2v) is 2.70. The summed E-state index contributed by atoms with van der Waals surface area (Å²) >= 11 is 0. The number of aromatic nitrogens is 1. The van der Waals surface area contributed by atoms with Gasteiger partial charge in [0, 0.05) is 0 Å². The van der Waals surface area contributed by atoms with Crippen LogP contribution in [0.2, 0.25) is 0 Å². The minimum Gasteiger partial charge on any atom is -0.358 e. The maximum atomic E-state index is 12.3. The second-order valence-electron chi connectivity index (χ2n) is 2.70. The van der Waals surface area contributed by atoms with E-state index in [1.165, 1.54) is 0 Å². The molecule has 4 nitrogen and oxygen atoms in total. The van der Waals surface area contributed by atoms with E-state index in [0.29, 0.717) is 6.20 Å². The van der Waals surface area contributed by atoms with E-state index in [9.17, 15) is 32.1 Å². The van der Waals surface area contributed by atoms with Crippen LogP contribution in [0.4, 0.5) is 27.8 Å². The molecule has 0 unspecified atom stereocenters. The Bertz CT molecular complexity index is 418. The van der Waals surface area contributed by atoms with Crippen LogP contribution in [0.5, 0.6) is 0 Å². The van der Waals surface area contributed by atoms with Crippen LogP contribution in [-0.4, -0.2) is 9.91 Å². The number of nitro groups is 1. The number of hydrogen-bond acceptors (Lipinski definition) is 3. The third-order valence-corrected chi connectivity index (χ3v) is 1.62.